The molecule has 1 aliphatic heterocycles. The van der Waals surface area contributed by atoms with E-state index in [0.29, 0.717) is 32.3 Å². The van der Waals surface area contributed by atoms with Crippen molar-refractivity contribution in [3.63, 3.8) is 0 Å². The molecule has 25 heavy (non-hydrogen) atoms. The molecule has 0 unspecified atom stereocenters. The SMILES string of the molecule is O=C(NCCCOC1CCCCC1)[C@@H]1CC(=O)N(Cc2ccco2)C1. The van der Waals surface area contributed by atoms with Gasteiger partial charge in [0.05, 0.1) is 24.8 Å². The highest BCUT2D eigenvalue weighted by Gasteiger charge is 2.34. The molecule has 1 aromatic heterocycles. The van der Waals surface area contributed by atoms with E-state index in [2.05, 4.69) is 5.32 Å². The molecule has 3 rings (SSSR count). The zero-order valence-electron chi connectivity index (χ0n) is 14.7. The van der Waals surface area contributed by atoms with Gasteiger partial charge >= 0.3 is 0 Å². The number of amides is 2. The fourth-order valence-corrected chi connectivity index (χ4v) is 3.60. The van der Waals surface area contributed by atoms with Crippen LogP contribution in [0, 0.1) is 5.92 Å². The number of rotatable bonds is 8. The van der Waals surface area contributed by atoms with Gasteiger partial charge in [-0.1, -0.05) is 19.3 Å². The van der Waals surface area contributed by atoms with Crippen LogP contribution < -0.4 is 5.32 Å². The van der Waals surface area contributed by atoms with Crippen molar-refractivity contribution in [2.75, 3.05) is 19.7 Å². The van der Waals surface area contributed by atoms with E-state index in [1.54, 1.807) is 17.2 Å². The van der Waals surface area contributed by atoms with Crippen molar-refractivity contribution in [3.8, 4) is 0 Å². The molecule has 6 nitrogen and oxygen atoms in total. The van der Waals surface area contributed by atoms with Crippen molar-refractivity contribution in [2.24, 2.45) is 5.92 Å². The maximum atomic E-state index is 12.2. The van der Waals surface area contributed by atoms with Gasteiger partial charge in [0.2, 0.25) is 11.8 Å². The third-order valence-corrected chi connectivity index (χ3v) is 5.04. The van der Waals surface area contributed by atoms with Gasteiger partial charge < -0.3 is 19.4 Å². The van der Waals surface area contributed by atoms with Gasteiger partial charge in [0.25, 0.3) is 0 Å². The highest BCUT2D eigenvalue weighted by Crippen LogP contribution is 2.21. The second kappa shape index (κ2) is 9.04. The van der Waals surface area contributed by atoms with Crippen molar-refractivity contribution in [3.05, 3.63) is 24.2 Å². The molecule has 2 fully saturated rings. The minimum atomic E-state index is -0.262. The minimum absolute atomic E-state index is 0.0113. The Morgan fingerprint density at radius 2 is 2.16 bits per heavy atom. The molecule has 1 saturated heterocycles. The maximum Gasteiger partial charge on any atom is 0.225 e. The van der Waals surface area contributed by atoms with E-state index >= 15 is 0 Å². The van der Waals surface area contributed by atoms with E-state index in [4.69, 9.17) is 9.15 Å². The molecule has 1 aliphatic carbocycles. The third-order valence-electron chi connectivity index (χ3n) is 5.04. The number of nitrogens with zero attached hydrogens (tertiary/aromatic N) is 1. The predicted octanol–water partition coefficient (Wildman–Crippen LogP) is 2.48. The van der Waals surface area contributed by atoms with Crippen molar-refractivity contribution in [1.82, 2.24) is 10.2 Å². The summed E-state index contributed by atoms with van der Waals surface area (Å²) in [6.07, 6.45) is 9.31. The van der Waals surface area contributed by atoms with Crippen molar-refractivity contribution >= 4 is 11.8 Å². The molecule has 0 bridgehead atoms. The first-order chi connectivity index (χ1) is 12.2. The van der Waals surface area contributed by atoms with E-state index in [1.807, 2.05) is 6.07 Å². The van der Waals surface area contributed by atoms with Crippen LogP contribution in [-0.2, 0) is 20.9 Å². The summed E-state index contributed by atoms with van der Waals surface area (Å²) in [5.41, 5.74) is 0. The fraction of sp³-hybridized carbons (Fsp3) is 0.684. The lowest BCUT2D eigenvalue weighted by Gasteiger charge is -2.22. The van der Waals surface area contributed by atoms with Crippen LogP contribution in [0.15, 0.2) is 22.8 Å². The van der Waals surface area contributed by atoms with Crippen LogP contribution in [0.4, 0.5) is 0 Å². The largest absolute Gasteiger partial charge is 0.467 e. The average molecular weight is 348 g/mol. The summed E-state index contributed by atoms with van der Waals surface area (Å²) < 4.78 is 11.1. The first-order valence-electron chi connectivity index (χ1n) is 9.42. The lowest BCUT2D eigenvalue weighted by atomic mass is 9.98. The van der Waals surface area contributed by atoms with E-state index in [-0.39, 0.29) is 24.2 Å². The molecule has 1 atom stereocenters. The van der Waals surface area contributed by atoms with Gasteiger partial charge in [0.1, 0.15) is 5.76 Å². The van der Waals surface area contributed by atoms with Gasteiger partial charge in [-0.05, 0) is 31.4 Å². The molecular formula is C19H28N2O4. The number of carbonyl (C=O) groups is 2. The van der Waals surface area contributed by atoms with E-state index in [9.17, 15) is 9.59 Å². The summed E-state index contributed by atoms with van der Waals surface area (Å²) in [4.78, 5) is 26.0. The smallest absolute Gasteiger partial charge is 0.225 e. The third kappa shape index (κ3) is 5.33. The molecule has 1 N–H and O–H groups in total. The second-order valence-corrected chi connectivity index (χ2v) is 7.03. The molecule has 1 saturated carbocycles. The number of furan rings is 1. The molecule has 2 heterocycles. The van der Waals surface area contributed by atoms with Crippen LogP contribution in [0.3, 0.4) is 0 Å². The molecule has 1 aromatic rings. The highest BCUT2D eigenvalue weighted by atomic mass is 16.5. The Balaban J connectivity index is 1.31. The number of likely N-dealkylation sites (tertiary alicyclic amines) is 1. The highest BCUT2D eigenvalue weighted by molar-refractivity contribution is 5.89. The quantitative estimate of drug-likeness (QED) is 0.733. The van der Waals surface area contributed by atoms with E-state index in [1.165, 1.54) is 32.1 Å². The van der Waals surface area contributed by atoms with Gasteiger partial charge in [-0.15, -0.1) is 0 Å². The Labute approximate surface area is 148 Å². The fourth-order valence-electron chi connectivity index (χ4n) is 3.60. The van der Waals surface area contributed by atoms with Gasteiger partial charge in [-0.3, -0.25) is 9.59 Å². The van der Waals surface area contributed by atoms with Gasteiger partial charge in [0, 0.05) is 26.1 Å². The summed E-state index contributed by atoms with van der Waals surface area (Å²) >= 11 is 0. The first-order valence-corrected chi connectivity index (χ1v) is 9.42. The summed E-state index contributed by atoms with van der Waals surface area (Å²) in [5, 5.41) is 2.94. The van der Waals surface area contributed by atoms with Crippen LogP contribution in [0.5, 0.6) is 0 Å². The van der Waals surface area contributed by atoms with Gasteiger partial charge in [-0.25, -0.2) is 0 Å². The lowest BCUT2D eigenvalue weighted by molar-refractivity contribution is -0.129. The number of ether oxygens (including phenoxy) is 1. The lowest BCUT2D eigenvalue weighted by Crippen LogP contribution is -2.34. The zero-order valence-corrected chi connectivity index (χ0v) is 14.7. The average Bonchev–Trinajstić information content (AvgIpc) is 3.26. The molecule has 2 amide bonds. The Morgan fingerprint density at radius 1 is 1.32 bits per heavy atom. The normalized spacial score (nSPS) is 21.7. The minimum Gasteiger partial charge on any atom is -0.467 e. The molecular weight excluding hydrogens is 320 g/mol. The summed E-state index contributed by atoms with van der Waals surface area (Å²) in [6, 6.07) is 3.64. The molecule has 0 aromatic carbocycles. The van der Waals surface area contributed by atoms with E-state index < -0.39 is 0 Å². The Bertz CT molecular complexity index is 552. The summed E-state index contributed by atoms with van der Waals surface area (Å²) in [6.45, 7) is 2.20. The van der Waals surface area contributed by atoms with Crippen LogP contribution in [0.2, 0.25) is 0 Å². The molecule has 138 valence electrons. The molecule has 0 radical (unpaired) electrons. The van der Waals surface area contributed by atoms with Gasteiger partial charge in [0.15, 0.2) is 0 Å². The number of nitrogens with one attached hydrogen (secondary N) is 1. The monoisotopic (exact) mass is 348 g/mol. The van der Waals surface area contributed by atoms with Crippen LogP contribution >= 0.6 is 0 Å². The maximum absolute atomic E-state index is 12.2. The zero-order chi connectivity index (χ0) is 17.5. The molecule has 0 spiro atoms. The molecule has 2 aliphatic rings. The first kappa shape index (κ1) is 18.0. The number of carbonyl (C=O) groups excluding carboxylic acids is 2. The Kier molecular flexibility index (Phi) is 6.50. The number of hydrogen-bond acceptors (Lipinski definition) is 4. The Morgan fingerprint density at radius 3 is 2.92 bits per heavy atom. The number of hydrogen-bond donors (Lipinski definition) is 1. The van der Waals surface area contributed by atoms with Crippen LogP contribution in [-0.4, -0.2) is 42.5 Å². The van der Waals surface area contributed by atoms with Crippen LogP contribution in [0.1, 0.15) is 50.7 Å². The van der Waals surface area contributed by atoms with Gasteiger partial charge in [-0.2, -0.15) is 0 Å². The topological polar surface area (TPSA) is 71.8 Å². The van der Waals surface area contributed by atoms with Crippen molar-refractivity contribution in [2.45, 2.75) is 57.6 Å². The Hall–Kier alpha value is -1.82. The molecule has 6 heteroatoms. The summed E-state index contributed by atoms with van der Waals surface area (Å²) in [7, 11) is 0. The van der Waals surface area contributed by atoms with Crippen molar-refractivity contribution in [1.29, 1.82) is 0 Å². The standard InChI is InChI=1S/C19H28N2O4/c22-18-12-15(13-21(18)14-17-8-4-10-25-17)19(23)20-9-5-11-24-16-6-2-1-3-7-16/h4,8,10,15-16H,1-3,5-7,9,11-14H2,(H,20,23)/t15-/m1/s1. The summed E-state index contributed by atoms with van der Waals surface area (Å²) in [5.74, 6) is 0.459. The van der Waals surface area contributed by atoms with Crippen molar-refractivity contribution < 1.29 is 18.7 Å². The van der Waals surface area contributed by atoms with E-state index in [0.717, 1.165) is 12.2 Å². The second-order valence-electron chi connectivity index (χ2n) is 7.03. The van der Waals surface area contributed by atoms with Crippen LogP contribution in [0.25, 0.3) is 0 Å². The predicted molar refractivity (Wildman–Crippen MR) is 92.7 cm³/mol.